The van der Waals surface area contributed by atoms with Crippen molar-refractivity contribution in [3.05, 3.63) is 66.0 Å². The summed E-state index contributed by atoms with van der Waals surface area (Å²) in [6.45, 7) is 0. The lowest BCUT2D eigenvalue weighted by Crippen LogP contribution is -2.10. The number of benzene rings is 2. The fourth-order valence-corrected chi connectivity index (χ4v) is 2.09. The number of hydrogen-bond acceptors (Lipinski definition) is 4. The summed E-state index contributed by atoms with van der Waals surface area (Å²) in [7, 11) is 0. The van der Waals surface area contributed by atoms with Gasteiger partial charge in [0.25, 0.3) is 5.91 Å². The second kappa shape index (κ2) is 5.84. The van der Waals surface area contributed by atoms with Crippen molar-refractivity contribution in [2.75, 3.05) is 5.32 Å². The molecule has 3 rings (SSSR count). The van der Waals surface area contributed by atoms with Crippen LogP contribution >= 0.6 is 0 Å². The van der Waals surface area contributed by atoms with Gasteiger partial charge < -0.3 is 14.6 Å². The van der Waals surface area contributed by atoms with E-state index in [1.165, 1.54) is 18.2 Å². The molecule has 5 nitrogen and oxygen atoms in total. The van der Waals surface area contributed by atoms with Gasteiger partial charge in [-0.2, -0.15) is 0 Å². The van der Waals surface area contributed by atoms with Gasteiger partial charge in [-0.1, -0.05) is 30.3 Å². The lowest BCUT2D eigenvalue weighted by atomic mass is 10.1. The van der Waals surface area contributed by atoms with E-state index in [1.54, 1.807) is 30.3 Å². The monoisotopic (exact) mass is 313 g/mol. The second-order valence-electron chi connectivity index (χ2n) is 4.79. The molecule has 6 heteroatoms. The van der Waals surface area contributed by atoms with E-state index in [0.717, 1.165) is 6.07 Å². The van der Waals surface area contributed by atoms with Crippen molar-refractivity contribution < 1.29 is 23.8 Å². The van der Waals surface area contributed by atoms with Crippen LogP contribution < -0.4 is 5.32 Å². The van der Waals surface area contributed by atoms with Gasteiger partial charge in [0.1, 0.15) is 5.82 Å². The Balaban J connectivity index is 1.93. The maximum atomic E-state index is 13.3. The maximum Gasteiger partial charge on any atom is 0.258 e. The van der Waals surface area contributed by atoms with Gasteiger partial charge in [-0.25, -0.2) is 4.39 Å². The summed E-state index contributed by atoms with van der Waals surface area (Å²) < 4.78 is 18.5. The molecule has 116 valence electrons. The summed E-state index contributed by atoms with van der Waals surface area (Å²) in [5, 5.41) is 22.2. The minimum atomic E-state index is -0.617. The van der Waals surface area contributed by atoms with Crippen LogP contribution in [0.2, 0.25) is 0 Å². The summed E-state index contributed by atoms with van der Waals surface area (Å²) in [6.07, 6.45) is 0. The molecule has 1 heterocycles. The highest BCUT2D eigenvalue weighted by Gasteiger charge is 2.22. The summed E-state index contributed by atoms with van der Waals surface area (Å²) in [4.78, 5) is 12.1. The number of furan rings is 1. The molecule has 0 saturated carbocycles. The number of nitrogens with one attached hydrogen (secondary N) is 1. The Kier molecular flexibility index (Phi) is 3.72. The lowest BCUT2D eigenvalue weighted by molar-refractivity contribution is 0.102. The van der Waals surface area contributed by atoms with Crippen molar-refractivity contribution in [2.45, 2.75) is 0 Å². The Morgan fingerprint density at radius 1 is 1.00 bits per heavy atom. The first kappa shape index (κ1) is 14.6. The van der Waals surface area contributed by atoms with Crippen molar-refractivity contribution in [1.29, 1.82) is 0 Å². The Morgan fingerprint density at radius 3 is 2.43 bits per heavy atom. The van der Waals surface area contributed by atoms with Gasteiger partial charge in [0, 0.05) is 11.1 Å². The lowest BCUT2D eigenvalue weighted by Gasteiger charge is -2.02. The molecule has 0 atom stereocenters. The van der Waals surface area contributed by atoms with Crippen molar-refractivity contribution in [3.8, 4) is 22.8 Å². The van der Waals surface area contributed by atoms with Crippen LogP contribution in [0.5, 0.6) is 11.5 Å². The molecule has 0 saturated heterocycles. The summed E-state index contributed by atoms with van der Waals surface area (Å²) in [6, 6.07) is 13.6. The van der Waals surface area contributed by atoms with Gasteiger partial charge in [0.2, 0.25) is 17.4 Å². The molecule has 3 N–H and O–H groups in total. The summed E-state index contributed by atoms with van der Waals surface area (Å²) >= 11 is 0. The van der Waals surface area contributed by atoms with Crippen molar-refractivity contribution in [3.63, 3.8) is 0 Å². The Hall–Kier alpha value is -3.28. The minimum absolute atomic E-state index is 0.134. The zero-order valence-electron chi connectivity index (χ0n) is 11.8. The third-order valence-corrected chi connectivity index (χ3v) is 3.21. The van der Waals surface area contributed by atoms with Gasteiger partial charge in [-0.3, -0.25) is 10.1 Å². The molecule has 3 aromatic rings. The Morgan fingerprint density at radius 2 is 1.74 bits per heavy atom. The highest BCUT2D eigenvalue weighted by Crippen LogP contribution is 2.45. The largest absolute Gasteiger partial charge is 0.502 e. The number of halogens is 1. The number of carbonyl (C=O) groups excluding carboxylic acids is 1. The number of carbonyl (C=O) groups is 1. The topological polar surface area (TPSA) is 82.7 Å². The van der Waals surface area contributed by atoms with Crippen molar-refractivity contribution >= 4 is 11.8 Å². The highest BCUT2D eigenvalue weighted by molar-refractivity contribution is 6.04. The van der Waals surface area contributed by atoms with E-state index in [0.29, 0.717) is 5.56 Å². The van der Waals surface area contributed by atoms with Crippen LogP contribution in [-0.4, -0.2) is 16.1 Å². The van der Waals surface area contributed by atoms with Crippen LogP contribution in [0.15, 0.2) is 59.0 Å². The van der Waals surface area contributed by atoms with E-state index in [-0.39, 0.29) is 17.2 Å². The number of aromatic hydroxyl groups is 2. The molecule has 0 fully saturated rings. The van der Waals surface area contributed by atoms with Crippen LogP contribution in [0, 0.1) is 5.82 Å². The van der Waals surface area contributed by atoms with Gasteiger partial charge in [-0.05, 0) is 24.3 Å². The zero-order chi connectivity index (χ0) is 16.4. The van der Waals surface area contributed by atoms with Crippen LogP contribution in [0.1, 0.15) is 10.4 Å². The number of hydrogen-bond donors (Lipinski definition) is 3. The summed E-state index contributed by atoms with van der Waals surface area (Å²) in [5.41, 5.74) is 0.591. The molecule has 0 aliphatic heterocycles. The molecule has 0 unspecified atom stereocenters. The fraction of sp³-hybridized carbons (Fsp3) is 0. The predicted octanol–water partition coefficient (Wildman–Crippen LogP) is 3.75. The van der Waals surface area contributed by atoms with Crippen LogP contribution in [0.4, 0.5) is 10.3 Å². The first-order valence-corrected chi connectivity index (χ1v) is 6.73. The van der Waals surface area contributed by atoms with Gasteiger partial charge in [-0.15, -0.1) is 0 Å². The zero-order valence-corrected chi connectivity index (χ0v) is 11.8. The first-order valence-electron chi connectivity index (χ1n) is 6.73. The van der Waals surface area contributed by atoms with E-state index in [2.05, 4.69) is 5.32 Å². The molecule has 0 aliphatic carbocycles. The molecular formula is C17H12FNO4. The second-order valence-corrected chi connectivity index (χ2v) is 4.79. The summed E-state index contributed by atoms with van der Waals surface area (Å²) in [5.74, 6) is -2.67. The smallest absolute Gasteiger partial charge is 0.258 e. The Labute approximate surface area is 130 Å². The third kappa shape index (κ3) is 2.87. The molecule has 2 aromatic carbocycles. The molecule has 23 heavy (non-hydrogen) atoms. The van der Waals surface area contributed by atoms with E-state index in [1.807, 2.05) is 0 Å². The van der Waals surface area contributed by atoms with Gasteiger partial charge in [0.15, 0.2) is 5.76 Å². The first-order chi connectivity index (χ1) is 11.1. The van der Waals surface area contributed by atoms with Gasteiger partial charge >= 0.3 is 0 Å². The average molecular weight is 313 g/mol. The van der Waals surface area contributed by atoms with Gasteiger partial charge in [0.05, 0.1) is 0 Å². The standard InChI is InChI=1S/C17H12FNO4/c18-12-8-4-7-11(9-12)15-13(20)14(21)17(23-15)19-16(22)10-5-2-1-3-6-10/h1-9,20-21H,(H,19,22). The quantitative estimate of drug-likeness (QED) is 0.687. The fourth-order valence-electron chi connectivity index (χ4n) is 2.09. The normalized spacial score (nSPS) is 10.5. The minimum Gasteiger partial charge on any atom is -0.502 e. The van der Waals surface area contributed by atoms with E-state index >= 15 is 0 Å². The average Bonchev–Trinajstić information content (AvgIpc) is 2.84. The van der Waals surface area contributed by atoms with Crippen LogP contribution in [0.25, 0.3) is 11.3 Å². The van der Waals surface area contributed by atoms with E-state index in [9.17, 15) is 19.4 Å². The third-order valence-electron chi connectivity index (χ3n) is 3.21. The SMILES string of the molecule is O=C(Nc1oc(-c2cccc(F)c2)c(O)c1O)c1ccccc1. The molecule has 0 bridgehead atoms. The number of amides is 1. The molecular weight excluding hydrogens is 301 g/mol. The molecule has 1 amide bonds. The Bertz CT molecular complexity index is 858. The molecule has 0 aliphatic rings. The van der Waals surface area contributed by atoms with Crippen molar-refractivity contribution in [2.24, 2.45) is 0 Å². The van der Waals surface area contributed by atoms with Crippen molar-refractivity contribution in [1.82, 2.24) is 0 Å². The number of anilines is 1. The molecule has 1 aromatic heterocycles. The predicted molar refractivity (Wildman–Crippen MR) is 81.8 cm³/mol. The molecule has 0 spiro atoms. The highest BCUT2D eigenvalue weighted by atomic mass is 19.1. The van der Waals surface area contributed by atoms with E-state index in [4.69, 9.17) is 4.42 Å². The number of rotatable bonds is 3. The van der Waals surface area contributed by atoms with Crippen LogP contribution in [-0.2, 0) is 0 Å². The maximum absolute atomic E-state index is 13.3. The molecule has 0 radical (unpaired) electrons. The van der Waals surface area contributed by atoms with E-state index < -0.39 is 23.2 Å². The van der Waals surface area contributed by atoms with Crippen LogP contribution in [0.3, 0.4) is 0 Å².